The Morgan fingerprint density at radius 2 is 2.30 bits per heavy atom. The van der Waals surface area contributed by atoms with Gasteiger partial charge in [-0.3, -0.25) is 9.89 Å². The maximum Gasteiger partial charge on any atom is 0.108 e. The Bertz CT molecular complexity index is 140. The van der Waals surface area contributed by atoms with Gasteiger partial charge in [-0.2, -0.15) is 0 Å². The minimum absolute atomic E-state index is 0.592. The summed E-state index contributed by atoms with van der Waals surface area (Å²) in [7, 11) is 0. The van der Waals surface area contributed by atoms with Gasteiger partial charge in [0, 0.05) is 12.6 Å². The van der Waals surface area contributed by atoms with E-state index >= 15 is 0 Å². The van der Waals surface area contributed by atoms with Crippen LogP contribution in [0.5, 0.6) is 0 Å². The molecule has 0 atom stereocenters. The molecule has 2 N–H and O–H groups in total. The summed E-state index contributed by atoms with van der Waals surface area (Å²) in [6.45, 7) is 7.12. The Kier molecular flexibility index (Phi) is 2.27. The topological polar surface area (TPSA) is 41.6 Å². The fourth-order valence-corrected chi connectivity index (χ4v) is 1.10. The van der Waals surface area contributed by atoms with Crippen molar-refractivity contribution in [2.24, 2.45) is 10.7 Å². The molecule has 0 aliphatic carbocycles. The average Bonchev–Trinajstić information content (AvgIpc) is 1.88. The van der Waals surface area contributed by atoms with Crippen molar-refractivity contribution in [3.63, 3.8) is 0 Å². The number of hydrogen-bond donors (Lipinski definition) is 1. The van der Waals surface area contributed by atoms with Crippen LogP contribution < -0.4 is 5.73 Å². The summed E-state index contributed by atoms with van der Waals surface area (Å²) in [5.74, 6) is 0.778. The van der Waals surface area contributed by atoms with Gasteiger partial charge in [0.05, 0.1) is 13.1 Å². The Morgan fingerprint density at radius 1 is 1.60 bits per heavy atom. The van der Waals surface area contributed by atoms with E-state index < -0.39 is 0 Å². The van der Waals surface area contributed by atoms with Crippen LogP contribution in [0.25, 0.3) is 0 Å². The molecule has 1 heterocycles. The Labute approximate surface area is 61.9 Å². The van der Waals surface area contributed by atoms with Gasteiger partial charge in [-0.1, -0.05) is 0 Å². The zero-order chi connectivity index (χ0) is 7.56. The van der Waals surface area contributed by atoms with E-state index in [9.17, 15) is 0 Å². The molecule has 0 aromatic carbocycles. The predicted octanol–water partition coefficient (Wildman–Crippen LogP) is 0.0676. The maximum absolute atomic E-state index is 5.57. The largest absolute Gasteiger partial charge is 0.386 e. The highest BCUT2D eigenvalue weighted by atomic mass is 15.2. The number of amidine groups is 1. The molecule has 58 valence electrons. The highest BCUT2D eigenvalue weighted by Crippen LogP contribution is 2.00. The Hall–Kier alpha value is -0.570. The molecule has 10 heavy (non-hydrogen) atoms. The first kappa shape index (κ1) is 7.54. The summed E-state index contributed by atoms with van der Waals surface area (Å²) in [5, 5.41) is 0. The van der Waals surface area contributed by atoms with Crippen LogP contribution in [0.4, 0.5) is 0 Å². The lowest BCUT2D eigenvalue weighted by molar-refractivity contribution is 0.252. The summed E-state index contributed by atoms with van der Waals surface area (Å²) < 4.78 is 0. The standard InChI is InChI=1S/C7H15N3/c1-6(2)10-4-3-9-7(8)5-10/h6H,3-5H2,1-2H3,(H2,8,9). The van der Waals surface area contributed by atoms with E-state index in [0.717, 1.165) is 25.5 Å². The molecule has 0 fully saturated rings. The fourth-order valence-electron chi connectivity index (χ4n) is 1.10. The number of aliphatic imine (C=N–C) groups is 1. The van der Waals surface area contributed by atoms with Crippen molar-refractivity contribution in [2.45, 2.75) is 19.9 Å². The smallest absolute Gasteiger partial charge is 0.108 e. The lowest BCUT2D eigenvalue weighted by atomic mass is 10.3. The van der Waals surface area contributed by atoms with E-state index in [1.165, 1.54) is 0 Å². The van der Waals surface area contributed by atoms with Crippen LogP contribution in [0.1, 0.15) is 13.8 Å². The van der Waals surface area contributed by atoms with Crippen molar-refractivity contribution in [3.05, 3.63) is 0 Å². The second-order valence-electron chi connectivity index (χ2n) is 2.94. The molecule has 0 unspecified atom stereocenters. The first-order valence-electron chi connectivity index (χ1n) is 3.73. The summed E-state index contributed by atoms with van der Waals surface area (Å²) in [5.41, 5.74) is 5.57. The normalized spacial score (nSPS) is 21.3. The molecule has 0 saturated heterocycles. The molecule has 0 saturated carbocycles. The third-order valence-corrected chi connectivity index (χ3v) is 1.80. The van der Waals surface area contributed by atoms with E-state index in [1.807, 2.05) is 0 Å². The molecule has 1 aliphatic rings. The van der Waals surface area contributed by atoms with Crippen LogP contribution in [0.3, 0.4) is 0 Å². The summed E-state index contributed by atoms with van der Waals surface area (Å²) in [4.78, 5) is 6.44. The third kappa shape index (κ3) is 1.70. The van der Waals surface area contributed by atoms with Gasteiger partial charge in [0.2, 0.25) is 0 Å². The number of hydrogen-bond acceptors (Lipinski definition) is 3. The van der Waals surface area contributed by atoms with Crippen molar-refractivity contribution in [3.8, 4) is 0 Å². The van der Waals surface area contributed by atoms with Gasteiger partial charge in [0.1, 0.15) is 5.84 Å². The van der Waals surface area contributed by atoms with Crippen molar-refractivity contribution in [1.29, 1.82) is 0 Å². The lowest BCUT2D eigenvalue weighted by Gasteiger charge is -2.28. The van der Waals surface area contributed by atoms with Gasteiger partial charge in [-0.15, -0.1) is 0 Å². The predicted molar refractivity (Wildman–Crippen MR) is 43.2 cm³/mol. The summed E-state index contributed by atoms with van der Waals surface area (Å²) in [6, 6.07) is 0.592. The molecule has 3 heteroatoms. The van der Waals surface area contributed by atoms with Crippen LogP contribution >= 0.6 is 0 Å². The van der Waals surface area contributed by atoms with Crippen molar-refractivity contribution in [2.75, 3.05) is 19.6 Å². The number of rotatable bonds is 1. The monoisotopic (exact) mass is 141 g/mol. The Balaban J connectivity index is 2.45. The van der Waals surface area contributed by atoms with Gasteiger partial charge in [0.15, 0.2) is 0 Å². The van der Waals surface area contributed by atoms with Gasteiger partial charge < -0.3 is 5.73 Å². The van der Waals surface area contributed by atoms with Gasteiger partial charge in [-0.25, -0.2) is 0 Å². The first-order chi connectivity index (χ1) is 4.70. The van der Waals surface area contributed by atoms with Gasteiger partial charge >= 0.3 is 0 Å². The van der Waals surface area contributed by atoms with E-state index in [-0.39, 0.29) is 0 Å². The fraction of sp³-hybridized carbons (Fsp3) is 0.857. The summed E-state index contributed by atoms with van der Waals surface area (Å²) >= 11 is 0. The second-order valence-corrected chi connectivity index (χ2v) is 2.94. The second kappa shape index (κ2) is 3.01. The molecule has 0 radical (unpaired) electrons. The van der Waals surface area contributed by atoms with E-state index in [4.69, 9.17) is 5.73 Å². The van der Waals surface area contributed by atoms with Crippen molar-refractivity contribution in [1.82, 2.24) is 4.90 Å². The van der Waals surface area contributed by atoms with Crippen LogP contribution in [-0.4, -0.2) is 36.4 Å². The average molecular weight is 141 g/mol. The van der Waals surface area contributed by atoms with E-state index in [1.54, 1.807) is 0 Å². The zero-order valence-electron chi connectivity index (χ0n) is 6.67. The van der Waals surface area contributed by atoms with Crippen molar-refractivity contribution >= 4 is 5.84 Å². The third-order valence-electron chi connectivity index (χ3n) is 1.80. The molecule has 0 aromatic rings. The quantitative estimate of drug-likeness (QED) is 0.561. The highest BCUT2D eigenvalue weighted by Gasteiger charge is 2.13. The SMILES string of the molecule is CC(C)N1CCN=C(N)C1. The molecule has 0 spiro atoms. The molecule has 1 rings (SSSR count). The zero-order valence-corrected chi connectivity index (χ0v) is 6.67. The van der Waals surface area contributed by atoms with Crippen LogP contribution in [0.2, 0.25) is 0 Å². The molecular weight excluding hydrogens is 126 g/mol. The highest BCUT2D eigenvalue weighted by molar-refractivity contribution is 5.82. The number of nitrogens with two attached hydrogens (primary N) is 1. The van der Waals surface area contributed by atoms with Gasteiger partial charge in [0.25, 0.3) is 0 Å². The molecule has 0 bridgehead atoms. The van der Waals surface area contributed by atoms with Crippen molar-refractivity contribution < 1.29 is 0 Å². The van der Waals surface area contributed by atoms with Crippen LogP contribution in [0, 0.1) is 0 Å². The number of nitrogens with zero attached hydrogens (tertiary/aromatic N) is 2. The van der Waals surface area contributed by atoms with Crippen LogP contribution in [0.15, 0.2) is 4.99 Å². The molecule has 0 amide bonds. The van der Waals surface area contributed by atoms with E-state index in [0.29, 0.717) is 6.04 Å². The van der Waals surface area contributed by atoms with E-state index in [2.05, 4.69) is 23.7 Å². The van der Waals surface area contributed by atoms with Crippen LogP contribution in [-0.2, 0) is 0 Å². The van der Waals surface area contributed by atoms with Gasteiger partial charge in [-0.05, 0) is 13.8 Å². The first-order valence-corrected chi connectivity index (χ1v) is 3.73. The lowest BCUT2D eigenvalue weighted by Crippen LogP contribution is -2.43. The maximum atomic E-state index is 5.57. The Morgan fingerprint density at radius 3 is 2.70 bits per heavy atom. The minimum atomic E-state index is 0.592. The molecule has 1 aliphatic heterocycles. The minimum Gasteiger partial charge on any atom is -0.386 e. The molecule has 3 nitrogen and oxygen atoms in total. The summed E-state index contributed by atoms with van der Waals surface area (Å²) in [6.07, 6.45) is 0. The molecule has 0 aromatic heterocycles. The molecular formula is C7H15N3.